The minimum atomic E-state index is 0.224. The molecule has 4 nitrogen and oxygen atoms in total. The zero-order chi connectivity index (χ0) is 13.3. The van der Waals surface area contributed by atoms with Crippen molar-refractivity contribution in [3.8, 4) is 0 Å². The summed E-state index contributed by atoms with van der Waals surface area (Å²) < 4.78 is 2.28. The molecule has 0 spiro atoms. The summed E-state index contributed by atoms with van der Waals surface area (Å²) in [6.07, 6.45) is 10.5. The van der Waals surface area contributed by atoms with Crippen LogP contribution in [0.15, 0.2) is 12.4 Å². The summed E-state index contributed by atoms with van der Waals surface area (Å²) in [5.41, 5.74) is 6.43. The lowest BCUT2D eigenvalue weighted by Crippen LogP contribution is -2.55. The molecule has 1 aromatic rings. The van der Waals surface area contributed by atoms with Gasteiger partial charge in [-0.2, -0.15) is 0 Å². The van der Waals surface area contributed by atoms with Crippen molar-refractivity contribution in [2.45, 2.75) is 57.7 Å². The number of imidazole rings is 1. The summed E-state index contributed by atoms with van der Waals surface area (Å²) >= 11 is 0. The van der Waals surface area contributed by atoms with Crippen molar-refractivity contribution in [3.63, 3.8) is 0 Å². The zero-order valence-corrected chi connectivity index (χ0v) is 12.0. The van der Waals surface area contributed by atoms with Gasteiger partial charge in [-0.3, -0.25) is 4.90 Å². The van der Waals surface area contributed by atoms with Crippen LogP contribution in [0, 0.1) is 5.92 Å². The van der Waals surface area contributed by atoms with Gasteiger partial charge in [-0.25, -0.2) is 4.98 Å². The van der Waals surface area contributed by atoms with E-state index in [4.69, 9.17) is 5.73 Å². The van der Waals surface area contributed by atoms with Crippen molar-refractivity contribution in [2.75, 3.05) is 13.1 Å². The van der Waals surface area contributed by atoms with Crippen LogP contribution < -0.4 is 5.73 Å². The van der Waals surface area contributed by atoms with Gasteiger partial charge in [0.2, 0.25) is 0 Å². The second kappa shape index (κ2) is 5.25. The zero-order valence-electron chi connectivity index (χ0n) is 12.0. The molecule has 0 aromatic carbocycles. The summed E-state index contributed by atoms with van der Waals surface area (Å²) in [6, 6.07) is 0. The highest BCUT2D eigenvalue weighted by Crippen LogP contribution is 2.35. The van der Waals surface area contributed by atoms with Crippen LogP contribution in [-0.2, 0) is 13.1 Å². The molecule has 0 bridgehead atoms. The predicted molar refractivity (Wildman–Crippen MR) is 76.7 cm³/mol. The second-order valence-electron chi connectivity index (χ2n) is 6.42. The first kappa shape index (κ1) is 13.1. The number of rotatable bonds is 2. The highest BCUT2D eigenvalue weighted by atomic mass is 15.3. The first-order valence-corrected chi connectivity index (χ1v) is 7.69. The molecule has 2 unspecified atom stereocenters. The fourth-order valence-electron chi connectivity index (χ4n) is 3.79. The lowest BCUT2D eigenvalue weighted by Gasteiger charge is -2.45. The van der Waals surface area contributed by atoms with Crippen molar-refractivity contribution in [1.29, 1.82) is 0 Å². The number of nitrogens with two attached hydrogens (primary N) is 1. The van der Waals surface area contributed by atoms with Crippen molar-refractivity contribution < 1.29 is 0 Å². The molecule has 2 N–H and O–H groups in total. The van der Waals surface area contributed by atoms with E-state index >= 15 is 0 Å². The van der Waals surface area contributed by atoms with E-state index in [1.165, 1.54) is 37.9 Å². The van der Waals surface area contributed by atoms with Gasteiger partial charge in [0.1, 0.15) is 5.82 Å². The number of aromatic nitrogens is 2. The van der Waals surface area contributed by atoms with Crippen LogP contribution in [0.1, 0.15) is 44.9 Å². The average Bonchev–Trinajstić information content (AvgIpc) is 2.81. The van der Waals surface area contributed by atoms with Gasteiger partial charge >= 0.3 is 0 Å². The van der Waals surface area contributed by atoms with E-state index in [0.717, 1.165) is 32.1 Å². The maximum Gasteiger partial charge on any atom is 0.122 e. The summed E-state index contributed by atoms with van der Waals surface area (Å²) in [5.74, 6) is 2.07. The van der Waals surface area contributed by atoms with Crippen LogP contribution in [0.4, 0.5) is 0 Å². The first-order valence-electron chi connectivity index (χ1n) is 7.69. The van der Waals surface area contributed by atoms with Crippen LogP contribution in [0.5, 0.6) is 0 Å². The van der Waals surface area contributed by atoms with E-state index < -0.39 is 0 Å². The third-order valence-corrected chi connectivity index (χ3v) is 5.24. The molecule has 1 aliphatic heterocycles. The van der Waals surface area contributed by atoms with Gasteiger partial charge in [0, 0.05) is 37.6 Å². The van der Waals surface area contributed by atoms with Crippen molar-refractivity contribution in [1.82, 2.24) is 14.5 Å². The van der Waals surface area contributed by atoms with E-state index in [9.17, 15) is 0 Å². The molecule has 2 aliphatic rings. The highest BCUT2D eigenvalue weighted by Gasteiger charge is 2.38. The second-order valence-corrected chi connectivity index (χ2v) is 6.42. The molecule has 2 heterocycles. The third kappa shape index (κ3) is 2.43. The van der Waals surface area contributed by atoms with Crippen LogP contribution in [0.25, 0.3) is 0 Å². The Hall–Kier alpha value is -0.870. The van der Waals surface area contributed by atoms with Gasteiger partial charge in [0.05, 0.1) is 6.54 Å². The largest absolute Gasteiger partial charge is 0.333 e. The van der Waals surface area contributed by atoms with E-state index in [1.54, 1.807) is 0 Å². The molecule has 3 rings (SSSR count). The highest BCUT2D eigenvalue weighted by molar-refractivity contribution is 5.02. The molecule has 2 atom stereocenters. The van der Waals surface area contributed by atoms with E-state index in [2.05, 4.69) is 27.6 Å². The molecule has 1 aromatic heterocycles. The molecule has 19 heavy (non-hydrogen) atoms. The first-order chi connectivity index (χ1) is 9.23. The molecule has 0 amide bonds. The number of hydrogen-bond acceptors (Lipinski definition) is 3. The number of hydrogen-bond donors (Lipinski definition) is 1. The number of nitrogens with zero attached hydrogens (tertiary/aromatic N) is 3. The molecule has 1 saturated carbocycles. The molecule has 0 saturated heterocycles. The molecular formula is C15H26N4. The van der Waals surface area contributed by atoms with Crippen LogP contribution in [0.2, 0.25) is 0 Å². The van der Waals surface area contributed by atoms with Crippen LogP contribution in [0.3, 0.4) is 0 Å². The van der Waals surface area contributed by atoms with Gasteiger partial charge in [0.25, 0.3) is 0 Å². The maximum absolute atomic E-state index is 6.21. The van der Waals surface area contributed by atoms with Crippen molar-refractivity contribution >= 4 is 0 Å². The predicted octanol–water partition coefficient (Wildman–Crippen LogP) is 2.00. The Morgan fingerprint density at radius 2 is 2.26 bits per heavy atom. The Morgan fingerprint density at radius 1 is 1.37 bits per heavy atom. The molecular weight excluding hydrogens is 236 g/mol. The van der Waals surface area contributed by atoms with Gasteiger partial charge in [-0.05, 0) is 25.2 Å². The number of fused-ring (bicyclic) bond motifs is 1. The molecule has 1 fully saturated rings. The summed E-state index contributed by atoms with van der Waals surface area (Å²) in [6.45, 7) is 6.33. The van der Waals surface area contributed by atoms with Crippen LogP contribution in [-0.4, -0.2) is 33.1 Å². The average molecular weight is 262 g/mol. The van der Waals surface area contributed by atoms with Crippen molar-refractivity contribution in [3.05, 3.63) is 18.2 Å². The topological polar surface area (TPSA) is 47.1 Å². The third-order valence-electron chi connectivity index (χ3n) is 5.24. The van der Waals surface area contributed by atoms with Gasteiger partial charge < -0.3 is 10.3 Å². The summed E-state index contributed by atoms with van der Waals surface area (Å²) in [4.78, 5) is 7.10. The minimum Gasteiger partial charge on any atom is -0.333 e. The van der Waals surface area contributed by atoms with Gasteiger partial charge in [0.15, 0.2) is 0 Å². The van der Waals surface area contributed by atoms with Gasteiger partial charge in [-0.1, -0.05) is 19.8 Å². The lowest BCUT2D eigenvalue weighted by molar-refractivity contribution is 0.0490. The summed E-state index contributed by atoms with van der Waals surface area (Å²) in [5, 5.41) is 0. The van der Waals surface area contributed by atoms with E-state index in [0.29, 0.717) is 0 Å². The molecule has 0 radical (unpaired) electrons. The molecule has 106 valence electrons. The lowest BCUT2D eigenvalue weighted by atomic mass is 9.87. The Bertz CT molecular complexity index is 428. The molecule has 4 heteroatoms. The Labute approximate surface area is 116 Å². The summed E-state index contributed by atoms with van der Waals surface area (Å²) in [7, 11) is 0. The Morgan fingerprint density at radius 3 is 3.11 bits per heavy atom. The smallest absolute Gasteiger partial charge is 0.122 e. The SMILES string of the molecule is CC1CCCC(CN)(N2CCn3ccnc3C2)CC1. The Balaban J connectivity index is 1.79. The van der Waals surface area contributed by atoms with Crippen molar-refractivity contribution in [2.24, 2.45) is 11.7 Å². The maximum atomic E-state index is 6.21. The van der Waals surface area contributed by atoms with Gasteiger partial charge in [-0.15, -0.1) is 0 Å². The Kier molecular flexibility index (Phi) is 3.63. The quantitative estimate of drug-likeness (QED) is 0.829. The normalized spacial score (nSPS) is 32.8. The fourth-order valence-corrected chi connectivity index (χ4v) is 3.79. The van der Waals surface area contributed by atoms with E-state index in [1.807, 2.05) is 6.20 Å². The van der Waals surface area contributed by atoms with E-state index in [-0.39, 0.29) is 5.54 Å². The van der Waals surface area contributed by atoms with Crippen LogP contribution >= 0.6 is 0 Å². The monoisotopic (exact) mass is 262 g/mol. The fraction of sp³-hybridized carbons (Fsp3) is 0.800. The standard InChI is InChI=1S/C15H26N4/c1-13-3-2-5-15(12-16,6-4-13)19-10-9-18-8-7-17-14(18)11-19/h7-8,13H,2-6,9-12,16H2,1H3. The minimum absolute atomic E-state index is 0.224. The molecule has 1 aliphatic carbocycles.